The number of ketones is 1. The number of hydrogen-bond donors (Lipinski definition) is 0. The number of aromatic nitrogens is 2. The molecule has 0 bridgehead atoms. The molecule has 0 radical (unpaired) electrons. The zero-order valence-corrected chi connectivity index (χ0v) is 16.8. The first-order chi connectivity index (χ1) is 14.5. The van der Waals surface area contributed by atoms with Crippen molar-refractivity contribution in [2.45, 2.75) is 19.8 Å². The van der Waals surface area contributed by atoms with Crippen LogP contribution in [0, 0.1) is 6.92 Å². The highest BCUT2D eigenvalue weighted by atomic mass is 16.3. The molecule has 0 spiro atoms. The van der Waals surface area contributed by atoms with Crippen LogP contribution < -0.4 is 5.56 Å². The monoisotopic (exact) mass is 396 g/mol. The van der Waals surface area contributed by atoms with Crippen LogP contribution in [0.4, 0.5) is 0 Å². The summed E-state index contributed by atoms with van der Waals surface area (Å²) < 4.78 is 7.19. The van der Waals surface area contributed by atoms with Gasteiger partial charge in [0.1, 0.15) is 16.9 Å². The summed E-state index contributed by atoms with van der Waals surface area (Å²) in [5.41, 5.74) is 3.97. The maximum Gasteiger partial charge on any atom is 0.274 e. The number of aryl methyl sites for hydroxylation is 2. The van der Waals surface area contributed by atoms with Crippen LogP contribution >= 0.6 is 0 Å². The molecule has 3 aromatic carbocycles. The minimum atomic E-state index is -0.142. The lowest BCUT2D eigenvalue weighted by Crippen LogP contribution is -2.23. The minimum Gasteiger partial charge on any atom is -0.456 e. The van der Waals surface area contributed by atoms with Crippen LogP contribution in [-0.4, -0.2) is 15.6 Å². The second-order valence-corrected chi connectivity index (χ2v) is 7.69. The van der Waals surface area contributed by atoms with Crippen LogP contribution in [0.3, 0.4) is 0 Å². The van der Waals surface area contributed by atoms with Crippen LogP contribution in [-0.2, 0) is 24.7 Å². The number of carbonyl (C=O) groups is 1. The van der Waals surface area contributed by atoms with Crippen LogP contribution in [0.5, 0.6) is 0 Å². The third-order valence-corrected chi connectivity index (χ3v) is 5.57. The number of furan rings is 1. The fourth-order valence-electron chi connectivity index (χ4n) is 4.12. The molecule has 5 rings (SSSR count). The number of para-hydroxylation sites is 1. The molecule has 0 saturated carbocycles. The maximum atomic E-state index is 12.9. The quantitative estimate of drug-likeness (QED) is 0.449. The van der Waals surface area contributed by atoms with Crippen molar-refractivity contribution in [2.24, 2.45) is 7.05 Å². The van der Waals surface area contributed by atoms with E-state index in [0.29, 0.717) is 17.5 Å². The summed E-state index contributed by atoms with van der Waals surface area (Å²) >= 11 is 0. The summed E-state index contributed by atoms with van der Waals surface area (Å²) in [7, 11) is 1.63. The molecule has 2 heterocycles. The standard InChI is InChI=1S/C25H20N2O3/c1-15-6-5-8-19-21(26-27(2)25(29)24(15)19)14-17(28)12-16-10-11-23-20(13-16)18-7-3-4-9-22(18)30-23/h3-11,13H,12,14H2,1-2H3. The molecule has 5 aromatic rings. The highest BCUT2D eigenvalue weighted by Crippen LogP contribution is 2.29. The van der Waals surface area contributed by atoms with Crippen molar-refractivity contribution >= 4 is 38.5 Å². The Labute approximate surface area is 172 Å². The SMILES string of the molecule is Cc1cccc2c(CC(=O)Cc3ccc4oc5ccccc5c4c3)nn(C)c(=O)c12. The molecule has 148 valence electrons. The Morgan fingerprint density at radius 3 is 2.57 bits per heavy atom. The van der Waals surface area contributed by atoms with E-state index in [1.807, 2.05) is 67.6 Å². The van der Waals surface area contributed by atoms with Gasteiger partial charge < -0.3 is 4.42 Å². The molecular formula is C25H20N2O3. The Bertz CT molecular complexity index is 1510. The molecule has 5 heteroatoms. The topological polar surface area (TPSA) is 65.1 Å². The minimum absolute atomic E-state index is 0.0519. The fourth-order valence-corrected chi connectivity index (χ4v) is 4.12. The van der Waals surface area contributed by atoms with E-state index in [1.165, 1.54) is 4.68 Å². The van der Waals surface area contributed by atoms with Crippen LogP contribution in [0.25, 0.3) is 32.7 Å². The van der Waals surface area contributed by atoms with Crippen molar-refractivity contribution in [1.82, 2.24) is 9.78 Å². The highest BCUT2D eigenvalue weighted by Gasteiger charge is 2.15. The molecule has 0 amide bonds. The van der Waals surface area contributed by atoms with Gasteiger partial charge in [-0.2, -0.15) is 5.10 Å². The van der Waals surface area contributed by atoms with Gasteiger partial charge in [-0.05, 0) is 36.2 Å². The van der Waals surface area contributed by atoms with Crippen molar-refractivity contribution in [3.63, 3.8) is 0 Å². The van der Waals surface area contributed by atoms with E-state index in [2.05, 4.69) is 5.10 Å². The van der Waals surface area contributed by atoms with Gasteiger partial charge in [-0.1, -0.05) is 42.5 Å². The molecule has 0 aliphatic carbocycles. The Morgan fingerprint density at radius 2 is 1.70 bits per heavy atom. The number of rotatable bonds is 4. The van der Waals surface area contributed by atoms with E-state index in [0.717, 1.165) is 38.5 Å². The summed E-state index contributed by atoms with van der Waals surface area (Å²) in [6.45, 7) is 1.90. The molecular weight excluding hydrogens is 376 g/mol. The second kappa shape index (κ2) is 6.95. The Hall–Kier alpha value is -3.73. The molecule has 0 fully saturated rings. The molecule has 0 aliphatic rings. The fraction of sp³-hybridized carbons (Fsp3) is 0.160. The predicted octanol–water partition coefficient (Wildman–Crippen LogP) is 4.50. The summed E-state index contributed by atoms with van der Waals surface area (Å²) in [5, 5.41) is 7.81. The molecule has 0 saturated heterocycles. The van der Waals surface area contributed by atoms with Crippen molar-refractivity contribution in [3.05, 3.63) is 87.8 Å². The smallest absolute Gasteiger partial charge is 0.274 e. The van der Waals surface area contributed by atoms with Crippen molar-refractivity contribution in [2.75, 3.05) is 0 Å². The number of hydrogen-bond acceptors (Lipinski definition) is 4. The van der Waals surface area contributed by atoms with Gasteiger partial charge in [-0.3, -0.25) is 9.59 Å². The Balaban J connectivity index is 1.48. The van der Waals surface area contributed by atoms with Crippen LogP contribution in [0.1, 0.15) is 16.8 Å². The molecule has 2 aromatic heterocycles. The first-order valence-electron chi connectivity index (χ1n) is 9.88. The van der Waals surface area contributed by atoms with Gasteiger partial charge in [0.15, 0.2) is 0 Å². The number of benzene rings is 3. The van der Waals surface area contributed by atoms with Gasteiger partial charge in [0.05, 0.1) is 17.5 Å². The molecule has 0 atom stereocenters. The lowest BCUT2D eigenvalue weighted by Gasteiger charge is -2.09. The summed E-state index contributed by atoms with van der Waals surface area (Å²) in [4.78, 5) is 25.4. The highest BCUT2D eigenvalue weighted by molar-refractivity contribution is 6.05. The van der Waals surface area contributed by atoms with E-state index in [1.54, 1.807) is 7.05 Å². The van der Waals surface area contributed by atoms with Crippen molar-refractivity contribution in [1.29, 1.82) is 0 Å². The third-order valence-electron chi connectivity index (χ3n) is 5.57. The van der Waals surface area contributed by atoms with Gasteiger partial charge in [0.25, 0.3) is 5.56 Å². The predicted molar refractivity (Wildman–Crippen MR) is 118 cm³/mol. The number of fused-ring (bicyclic) bond motifs is 4. The molecule has 5 nitrogen and oxygen atoms in total. The average molecular weight is 396 g/mol. The van der Waals surface area contributed by atoms with E-state index < -0.39 is 0 Å². The van der Waals surface area contributed by atoms with Crippen molar-refractivity contribution in [3.8, 4) is 0 Å². The first-order valence-corrected chi connectivity index (χ1v) is 9.88. The van der Waals surface area contributed by atoms with Gasteiger partial charge in [0.2, 0.25) is 0 Å². The third kappa shape index (κ3) is 2.99. The van der Waals surface area contributed by atoms with Crippen LogP contribution in [0.15, 0.2) is 69.9 Å². The number of Topliss-reactive ketones (excluding diaryl/α,β-unsaturated/α-hetero) is 1. The lowest BCUT2D eigenvalue weighted by atomic mass is 10.00. The van der Waals surface area contributed by atoms with Gasteiger partial charge in [-0.25, -0.2) is 4.68 Å². The van der Waals surface area contributed by atoms with E-state index >= 15 is 0 Å². The van der Waals surface area contributed by atoms with E-state index in [4.69, 9.17) is 4.42 Å². The van der Waals surface area contributed by atoms with Crippen molar-refractivity contribution < 1.29 is 9.21 Å². The zero-order chi connectivity index (χ0) is 20.8. The lowest BCUT2D eigenvalue weighted by molar-refractivity contribution is -0.117. The van der Waals surface area contributed by atoms with Gasteiger partial charge >= 0.3 is 0 Å². The Kier molecular flexibility index (Phi) is 4.24. The Morgan fingerprint density at radius 1 is 0.933 bits per heavy atom. The van der Waals surface area contributed by atoms with Gasteiger partial charge in [-0.15, -0.1) is 0 Å². The molecule has 30 heavy (non-hydrogen) atoms. The average Bonchev–Trinajstić information content (AvgIpc) is 3.10. The van der Waals surface area contributed by atoms with E-state index in [-0.39, 0.29) is 17.8 Å². The summed E-state index contributed by atoms with van der Waals surface area (Å²) in [6.07, 6.45) is 0.478. The molecule has 0 unspecified atom stereocenters. The largest absolute Gasteiger partial charge is 0.456 e. The van der Waals surface area contributed by atoms with E-state index in [9.17, 15) is 9.59 Å². The first kappa shape index (κ1) is 18.3. The number of nitrogens with zero attached hydrogens (tertiary/aromatic N) is 2. The maximum absolute atomic E-state index is 12.9. The zero-order valence-electron chi connectivity index (χ0n) is 16.8. The normalized spacial score (nSPS) is 11.5. The molecule has 0 N–H and O–H groups in total. The summed E-state index contributed by atoms with van der Waals surface area (Å²) in [5.74, 6) is 0.0519. The molecule has 0 aliphatic heterocycles. The van der Waals surface area contributed by atoms with Crippen LogP contribution in [0.2, 0.25) is 0 Å². The number of carbonyl (C=O) groups excluding carboxylic acids is 1. The van der Waals surface area contributed by atoms with Gasteiger partial charge in [0, 0.05) is 29.6 Å². The second-order valence-electron chi connectivity index (χ2n) is 7.69. The summed E-state index contributed by atoms with van der Waals surface area (Å²) in [6, 6.07) is 19.4.